The molecule has 0 saturated heterocycles. The summed E-state index contributed by atoms with van der Waals surface area (Å²) in [6.07, 6.45) is 3.08. The first-order chi connectivity index (χ1) is 19.0. The van der Waals surface area contributed by atoms with Crippen LogP contribution in [0.4, 0.5) is 8.78 Å². The van der Waals surface area contributed by atoms with Crippen LogP contribution in [-0.4, -0.2) is 40.1 Å². The summed E-state index contributed by atoms with van der Waals surface area (Å²) in [5.41, 5.74) is 4.42. The number of benzene rings is 2. The predicted octanol–water partition coefficient (Wildman–Crippen LogP) is 4.22. The van der Waals surface area contributed by atoms with Crippen molar-refractivity contribution in [3.05, 3.63) is 82.3 Å². The molecule has 0 atom stereocenters. The summed E-state index contributed by atoms with van der Waals surface area (Å²) in [7, 11) is 1.58. The lowest BCUT2D eigenvalue weighted by Crippen LogP contribution is -2.26. The number of nitrogens with one attached hydrogen (secondary N) is 1. The van der Waals surface area contributed by atoms with Gasteiger partial charge in [0.15, 0.2) is 11.6 Å². The summed E-state index contributed by atoms with van der Waals surface area (Å²) in [6, 6.07) is 13.3. The molecule has 0 radical (unpaired) electrons. The summed E-state index contributed by atoms with van der Waals surface area (Å²) in [4.78, 5) is 28.1. The molecule has 2 aromatic carbocycles. The molecule has 1 amide bonds. The third kappa shape index (κ3) is 5.47. The molecule has 5 rings (SSSR count). The maximum atomic E-state index is 14.6. The van der Waals surface area contributed by atoms with Crippen LogP contribution >= 0.6 is 0 Å². The van der Waals surface area contributed by atoms with Crippen LogP contribution in [0.2, 0.25) is 0 Å². The van der Waals surface area contributed by atoms with E-state index in [9.17, 15) is 18.4 Å². The van der Waals surface area contributed by atoms with Crippen molar-refractivity contribution in [1.82, 2.24) is 20.2 Å². The number of hydrazone groups is 1. The van der Waals surface area contributed by atoms with Crippen molar-refractivity contribution in [3.8, 4) is 22.8 Å². The summed E-state index contributed by atoms with van der Waals surface area (Å²) >= 11 is 0. The number of rotatable bonds is 9. The maximum absolute atomic E-state index is 14.6. The molecule has 11 heteroatoms. The van der Waals surface area contributed by atoms with E-state index in [0.29, 0.717) is 36.3 Å². The maximum Gasteiger partial charge on any atom is 0.266 e. The Morgan fingerprint density at radius 3 is 2.56 bits per heavy atom. The smallest absolute Gasteiger partial charge is 0.266 e. The van der Waals surface area contributed by atoms with E-state index < -0.39 is 11.6 Å². The van der Waals surface area contributed by atoms with E-state index in [1.807, 2.05) is 24.3 Å². The molecule has 1 N–H and O–H groups in total. The van der Waals surface area contributed by atoms with Crippen LogP contribution in [0, 0.1) is 11.6 Å². The monoisotopic (exact) mass is 533 g/mol. The number of carbonyl (C=O) groups excluding carboxylic acids is 1. The molecule has 0 aliphatic carbocycles. The fourth-order valence-corrected chi connectivity index (χ4v) is 4.37. The van der Waals surface area contributed by atoms with E-state index >= 15 is 0 Å². The molecule has 4 aromatic rings. The lowest BCUT2D eigenvalue weighted by atomic mass is 10.0. The van der Waals surface area contributed by atoms with Gasteiger partial charge in [0, 0.05) is 48.2 Å². The number of methoxy groups -OCH3 is 1. The molecule has 3 heterocycles. The van der Waals surface area contributed by atoms with Crippen LogP contribution in [0.1, 0.15) is 31.2 Å². The number of fused-ring (bicyclic) bond motifs is 1. The second kappa shape index (κ2) is 11.4. The molecule has 0 bridgehead atoms. The van der Waals surface area contributed by atoms with E-state index in [0.717, 1.165) is 10.9 Å². The molecule has 0 spiro atoms. The van der Waals surface area contributed by atoms with Crippen LogP contribution < -0.4 is 20.5 Å². The molecule has 1 aliphatic rings. The van der Waals surface area contributed by atoms with Gasteiger partial charge < -0.3 is 9.47 Å². The van der Waals surface area contributed by atoms with Gasteiger partial charge in [-0.1, -0.05) is 6.07 Å². The highest BCUT2D eigenvalue weighted by Crippen LogP contribution is 2.32. The zero-order valence-electron chi connectivity index (χ0n) is 21.1. The average molecular weight is 534 g/mol. The summed E-state index contributed by atoms with van der Waals surface area (Å²) in [5, 5.41) is 9.20. The summed E-state index contributed by atoms with van der Waals surface area (Å²) in [5.74, 6) is -2.02. The number of carbonyl (C=O) groups is 1. The number of pyridine rings is 1. The minimum atomic E-state index is -1.11. The Morgan fingerprint density at radius 1 is 0.949 bits per heavy atom. The number of ether oxygens (including phenoxy) is 2. The van der Waals surface area contributed by atoms with Gasteiger partial charge in [-0.2, -0.15) is 14.6 Å². The van der Waals surface area contributed by atoms with Crippen molar-refractivity contribution in [2.75, 3.05) is 13.7 Å². The van der Waals surface area contributed by atoms with Crippen LogP contribution in [0.5, 0.6) is 11.5 Å². The Labute approximate surface area is 222 Å². The van der Waals surface area contributed by atoms with Crippen molar-refractivity contribution in [2.45, 2.75) is 32.2 Å². The predicted molar refractivity (Wildman–Crippen MR) is 141 cm³/mol. The Balaban J connectivity index is 1.22. The zero-order valence-corrected chi connectivity index (χ0v) is 21.1. The van der Waals surface area contributed by atoms with E-state index in [1.165, 1.54) is 22.9 Å². The minimum absolute atomic E-state index is 0.00870. The van der Waals surface area contributed by atoms with Gasteiger partial charge >= 0.3 is 0 Å². The second-order valence-corrected chi connectivity index (χ2v) is 8.88. The first-order valence-corrected chi connectivity index (χ1v) is 12.4. The molecule has 0 saturated carbocycles. The quantitative estimate of drug-likeness (QED) is 0.323. The Bertz CT molecular complexity index is 1640. The largest absolute Gasteiger partial charge is 0.494 e. The van der Waals surface area contributed by atoms with Gasteiger partial charge in [-0.05, 0) is 49.2 Å². The number of halogens is 2. The molecule has 1 aliphatic heterocycles. The van der Waals surface area contributed by atoms with Crippen LogP contribution in [-0.2, 0) is 11.3 Å². The van der Waals surface area contributed by atoms with E-state index in [-0.39, 0.29) is 47.9 Å². The highest BCUT2D eigenvalue weighted by Gasteiger charge is 2.21. The summed E-state index contributed by atoms with van der Waals surface area (Å²) < 4.78 is 41.4. The van der Waals surface area contributed by atoms with Crippen LogP contribution in [0.3, 0.4) is 0 Å². The second-order valence-electron chi connectivity index (χ2n) is 8.88. The highest BCUT2D eigenvalue weighted by atomic mass is 19.2. The third-order valence-electron chi connectivity index (χ3n) is 6.38. The van der Waals surface area contributed by atoms with Gasteiger partial charge in [0.05, 0.1) is 25.1 Å². The van der Waals surface area contributed by atoms with Crippen LogP contribution in [0.25, 0.3) is 22.2 Å². The molecule has 39 heavy (non-hydrogen) atoms. The van der Waals surface area contributed by atoms with Crippen LogP contribution in [0.15, 0.2) is 64.6 Å². The first kappa shape index (κ1) is 26.0. The fraction of sp³-hybridized carbons (Fsp3) is 0.250. The van der Waals surface area contributed by atoms with Gasteiger partial charge in [-0.15, -0.1) is 0 Å². The molecule has 200 valence electrons. The van der Waals surface area contributed by atoms with E-state index in [1.54, 1.807) is 19.4 Å². The number of hydrogen-bond acceptors (Lipinski definition) is 7. The topological polar surface area (TPSA) is 108 Å². The Kier molecular flexibility index (Phi) is 7.57. The van der Waals surface area contributed by atoms with Crippen molar-refractivity contribution in [1.29, 1.82) is 0 Å². The molecule has 0 unspecified atom stereocenters. The van der Waals surface area contributed by atoms with Gasteiger partial charge in [0.1, 0.15) is 11.3 Å². The average Bonchev–Trinajstić information content (AvgIpc) is 2.96. The Morgan fingerprint density at radius 2 is 1.77 bits per heavy atom. The fourth-order valence-electron chi connectivity index (χ4n) is 4.37. The van der Waals surface area contributed by atoms with Crippen molar-refractivity contribution in [3.63, 3.8) is 0 Å². The molecular formula is C28H25F2N5O4. The number of aromatic nitrogens is 3. The normalized spacial score (nSPS) is 13.2. The highest BCUT2D eigenvalue weighted by molar-refractivity contribution is 6.04. The van der Waals surface area contributed by atoms with Gasteiger partial charge in [-0.25, -0.2) is 14.5 Å². The van der Waals surface area contributed by atoms with Crippen molar-refractivity contribution in [2.24, 2.45) is 5.10 Å². The van der Waals surface area contributed by atoms with Crippen molar-refractivity contribution >= 4 is 22.5 Å². The Hall–Kier alpha value is -4.67. The summed E-state index contributed by atoms with van der Waals surface area (Å²) in [6.45, 7) is 0.444. The number of amides is 1. The zero-order chi connectivity index (χ0) is 27.4. The van der Waals surface area contributed by atoms with E-state index in [4.69, 9.17) is 9.47 Å². The lowest BCUT2D eigenvalue weighted by molar-refractivity contribution is -0.121. The number of hydrogen-bond donors (Lipinski definition) is 1. The third-order valence-corrected chi connectivity index (χ3v) is 6.38. The van der Waals surface area contributed by atoms with Gasteiger partial charge in [0.2, 0.25) is 11.7 Å². The standard InChI is InChI=1S/C28H25F2N5O4/c1-38-23-11-6-17(18-5-4-14-31-28(18)23)21-9-13-25(37)35(34-21)15-2-3-16-39-22-10-7-19(26(29)27(22)30)20-8-12-24(36)33-32-20/h4-7,9-11,13-14H,2-3,8,12,15-16H2,1H3,(H,33,36). The molecule has 9 nitrogen and oxygen atoms in total. The molecule has 0 fully saturated rings. The minimum Gasteiger partial charge on any atom is -0.494 e. The van der Waals surface area contributed by atoms with Crippen molar-refractivity contribution < 1.29 is 23.0 Å². The number of nitrogens with zero attached hydrogens (tertiary/aromatic N) is 4. The number of unbranched alkanes of at least 4 members (excludes halogenated alkanes) is 1. The van der Waals surface area contributed by atoms with Gasteiger partial charge in [-0.3, -0.25) is 14.6 Å². The number of aryl methyl sites for hydroxylation is 1. The lowest BCUT2D eigenvalue weighted by Gasteiger charge is -2.14. The van der Waals surface area contributed by atoms with Gasteiger partial charge in [0.25, 0.3) is 5.56 Å². The first-order valence-electron chi connectivity index (χ1n) is 12.4. The molecule has 2 aromatic heterocycles. The van der Waals surface area contributed by atoms with E-state index in [2.05, 4.69) is 20.6 Å². The SMILES string of the molecule is COc1ccc(-c2ccc(=O)n(CCCCOc3ccc(C4=NNC(=O)CC4)c(F)c3F)n2)c2cccnc12. The molecular weight excluding hydrogens is 508 g/mol.